The van der Waals surface area contributed by atoms with Crippen molar-refractivity contribution >= 4 is 21.6 Å². The monoisotopic (exact) mass is 385 g/mol. The van der Waals surface area contributed by atoms with Gasteiger partial charge in [0.25, 0.3) is 0 Å². The van der Waals surface area contributed by atoms with Crippen LogP contribution in [0.15, 0.2) is 23.1 Å². The van der Waals surface area contributed by atoms with E-state index in [9.17, 15) is 13.2 Å². The summed E-state index contributed by atoms with van der Waals surface area (Å²) >= 11 is 0. The fourth-order valence-electron chi connectivity index (χ4n) is 2.81. The van der Waals surface area contributed by atoms with Crippen molar-refractivity contribution in [2.24, 2.45) is 0 Å². The standard InChI is InChI=1S/C17H27N3O5S/c1-4-20(5-2)26(22,23)14-6-7-16(24-3)15(12-14)18-17(21)13-19-8-10-25-11-9-19/h6-7,12H,4-5,8-11,13H2,1-3H3,(H,18,21). The number of ether oxygens (including phenoxy) is 2. The summed E-state index contributed by atoms with van der Waals surface area (Å²) in [6.07, 6.45) is 0. The van der Waals surface area contributed by atoms with Crippen molar-refractivity contribution in [1.29, 1.82) is 0 Å². The van der Waals surface area contributed by atoms with Crippen LogP contribution in [0.4, 0.5) is 5.69 Å². The second-order valence-electron chi connectivity index (χ2n) is 5.89. The van der Waals surface area contributed by atoms with Crippen LogP contribution in [0.3, 0.4) is 0 Å². The van der Waals surface area contributed by atoms with Crippen molar-refractivity contribution in [3.05, 3.63) is 18.2 Å². The Morgan fingerprint density at radius 3 is 2.50 bits per heavy atom. The SMILES string of the molecule is CCN(CC)S(=O)(=O)c1ccc(OC)c(NC(=O)CN2CCOCC2)c1. The molecule has 1 heterocycles. The average Bonchev–Trinajstić information content (AvgIpc) is 2.63. The first-order chi connectivity index (χ1) is 12.4. The van der Waals surface area contributed by atoms with Crippen LogP contribution in [-0.4, -0.2) is 76.6 Å². The van der Waals surface area contributed by atoms with E-state index in [0.29, 0.717) is 50.8 Å². The number of carbonyl (C=O) groups excluding carboxylic acids is 1. The summed E-state index contributed by atoms with van der Waals surface area (Å²) in [6, 6.07) is 4.49. The van der Waals surface area contributed by atoms with Gasteiger partial charge in [-0.2, -0.15) is 4.31 Å². The zero-order valence-corrected chi connectivity index (χ0v) is 16.3. The van der Waals surface area contributed by atoms with Crippen LogP contribution in [0.2, 0.25) is 0 Å². The second kappa shape index (κ2) is 9.31. The molecular formula is C17H27N3O5S. The van der Waals surface area contributed by atoms with Gasteiger partial charge in [-0.15, -0.1) is 0 Å². The van der Waals surface area contributed by atoms with Gasteiger partial charge in [-0.1, -0.05) is 13.8 Å². The molecule has 8 nitrogen and oxygen atoms in total. The summed E-state index contributed by atoms with van der Waals surface area (Å²) in [5.74, 6) is 0.196. The van der Waals surface area contributed by atoms with Gasteiger partial charge in [0.1, 0.15) is 5.75 Å². The molecule has 0 aromatic heterocycles. The van der Waals surface area contributed by atoms with Crippen molar-refractivity contribution in [3.63, 3.8) is 0 Å². The molecule has 0 radical (unpaired) electrons. The highest BCUT2D eigenvalue weighted by atomic mass is 32.2. The Bertz CT molecular complexity index is 713. The van der Waals surface area contributed by atoms with E-state index in [-0.39, 0.29) is 17.3 Å². The molecule has 1 N–H and O–H groups in total. The maximum Gasteiger partial charge on any atom is 0.243 e. The number of rotatable bonds is 8. The third-order valence-corrected chi connectivity index (χ3v) is 6.31. The van der Waals surface area contributed by atoms with Crippen LogP contribution in [0, 0.1) is 0 Å². The lowest BCUT2D eigenvalue weighted by Gasteiger charge is -2.26. The Kier molecular flexibility index (Phi) is 7.39. The van der Waals surface area contributed by atoms with Crippen molar-refractivity contribution < 1.29 is 22.7 Å². The number of sulfonamides is 1. The van der Waals surface area contributed by atoms with E-state index in [1.165, 1.54) is 23.5 Å². The number of methoxy groups -OCH3 is 1. The maximum absolute atomic E-state index is 12.7. The molecule has 2 rings (SSSR count). The quantitative estimate of drug-likeness (QED) is 0.718. The van der Waals surface area contributed by atoms with Gasteiger partial charge >= 0.3 is 0 Å². The van der Waals surface area contributed by atoms with Crippen molar-refractivity contribution in [2.75, 3.05) is 58.4 Å². The van der Waals surface area contributed by atoms with Crippen molar-refractivity contribution in [2.45, 2.75) is 18.7 Å². The van der Waals surface area contributed by atoms with Gasteiger partial charge in [-0.05, 0) is 18.2 Å². The molecule has 1 amide bonds. The molecule has 146 valence electrons. The molecule has 0 bridgehead atoms. The van der Waals surface area contributed by atoms with E-state index in [1.54, 1.807) is 19.9 Å². The molecule has 0 aliphatic carbocycles. The summed E-state index contributed by atoms with van der Waals surface area (Å²) in [4.78, 5) is 14.5. The molecule has 1 aliphatic rings. The topological polar surface area (TPSA) is 88.2 Å². The number of morpholine rings is 1. The van der Waals surface area contributed by atoms with Crippen LogP contribution < -0.4 is 10.1 Å². The van der Waals surface area contributed by atoms with Crippen molar-refractivity contribution in [1.82, 2.24) is 9.21 Å². The highest BCUT2D eigenvalue weighted by molar-refractivity contribution is 7.89. The summed E-state index contributed by atoms with van der Waals surface area (Å²) in [5, 5.41) is 2.77. The van der Waals surface area contributed by atoms with Gasteiger partial charge in [0.05, 0.1) is 37.5 Å². The lowest BCUT2D eigenvalue weighted by atomic mass is 10.3. The third-order valence-electron chi connectivity index (χ3n) is 4.26. The third kappa shape index (κ3) is 4.94. The Morgan fingerprint density at radius 1 is 1.27 bits per heavy atom. The molecule has 26 heavy (non-hydrogen) atoms. The Hall–Kier alpha value is -1.68. The van der Waals surface area contributed by atoms with Crippen LogP contribution in [0.1, 0.15) is 13.8 Å². The fraction of sp³-hybridized carbons (Fsp3) is 0.588. The summed E-state index contributed by atoms with van der Waals surface area (Å²) in [5.41, 5.74) is 0.346. The molecule has 1 aromatic rings. The Labute approximate surface area is 155 Å². The molecule has 1 aliphatic heterocycles. The molecule has 1 fully saturated rings. The smallest absolute Gasteiger partial charge is 0.243 e. The number of nitrogens with zero attached hydrogens (tertiary/aromatic N) is 2. The molecule has 0 unspecified atom stereocenters. The minimum atomic E-state index is -3.61. The Balaban J connectivity index is 2.20. The van der Waals surface area contributed by atoms with E-state index >= 15 is 0 Å². The van der Waals surface area contributed by atoms with E-state index < -0.39 is 10.0 Å². The first kappa shape index (κ1) is 20.6. The van der Waals surface area contributed by atoms with Crippen LogP contribution in [0.25, 0.3) is 0 Å². The van der Waals surface area contributed by atoms with Crippen LogP contribution in [-0.2, 0) is 19.6 Å². The summed E-state index contributed by atoms with van der Waals surface area (Å²) in [7, 11) is -2.13. The molecule has 0 spiro atoms. The van der Waals surface area contributed by atoms with Crippen LogP contribution >= 0.6 is 0 Å². The zero-order valence-electron chi connectivity index (χ0n) is 15.5. The van der Waals surface area contributed by atoms with Crippen LogP contribution in [0.5, 0.6) is 5.75 Å². The van der Waals surface area contributed by atoms with E-state index in [0.717, 1.165) is 0 Å². The molecule has 0 atom stereocenters. The number of carbonyl (C=O) groups is 1. The van der Waals surface area contributed by atoms with Gasteiger partial charge in [0, 0.05) is 26.2 Å². The van der Waals surface area contributed by atoms with E-state index in [2.05, 4.69) is 5.32 Å². The number of hydrogen-bond donors (Lipinski definition) is 1. The summed E-state index contributed by atoms with van der Waals surface area (Å²) < 4.78 is 37.3. The van der Waals surface area contributed by atoms with Gasteiger partial charge in [0.15, 0.2) is 0 Å². The number of nitrogens with one attached hydrogen (secondary N) is 1. The predicted octanol–water partition coefficient (Wildman–Crippen LogP) is 0.996. The normalized spacial score (nSPS) is 15.8. The van der Waals surface area contributed by atoms with Gasteiger partial charge in [-0.25, -0.2) is 8.42 Å². The minimum Gasteiger partial charge on any atom is -0.495 e. The molecule has 1 aromatic carbocycles. The highest BCUT2D eigenvalue weighted by Crippen LogP contribution is 2.29. The van der Waals surface area contributed by atoms with Gasteiger partial charge < -0.3 is 14.8 Å². The van der Waals surface area contributed by atoms with Gasteiger partial charge in [0.2, 0.25) is 15.9 Å². The summed E-state index contributed by atoms with van der Waals surface area (Å²) in [6.45, 7) is 7.15. The second-order valence-corrected chi connectivity index (χ2v) is 7.83. The molecular weight excluding hydrogens is 358 g/mol. The van der Waals surface area contributed by atoms with Gasteiger partial charge in [-0.3, -0.25) is 9.69 Å². The molecule has 1 saturated heterocycles. The van der Waals surface area contributed by atoms with Crippen molar-refractivity contribution in [3.8, 4) is 5.75 Å². The number of anilines is 1. The molecule has 0 saturated carbocycles. The van der Waals surface area contributed by atoms with E-state index in [1.807, 2.05) is 4.90 Å². The van der Waals surface area contributed by atoms with E-state index in [4.69, 9.17) is 9.47 Å². The first-order valence-corrected chi connectivity index (χ1v) is 10.1. The lowest BCUT2D eigenvalue weighted by molar-refractivity contribution is -0.118. The first-order valence-electron chi connectivity index (χ1n) is 8.70. The number of hydrogen-bond acceptors (Lipinski definition) is 6. The minimum absolute atomic E-state index is 0.128. The highest BCUT2D eigenvalue weighted by Gasteiger charge is 2.23. The lowest BCUT2D eigenvalue weighted by Crippen LogP contribution is -2.41. The predicted molar refractivity (Wildman–Crippen MR) is 99.0 cm³/mol. The average molecular weight is 385 g/mol. The number of amides is 1. The number of benzene rings is 1. The fourth-order valence-corrected chi connectivity index (χ4v) is 4.29. The zero-order chi connectivity index (χ0) is 19.2. The largest absolute Gasteiger partial charge is 0.495 e. The Morgan fingerprint density at radius 2 is 1.92 bits per heavy atom. The maximum atomic E-state index is 12.7. The molecule has 9 heteroatoms.